The maximum Gasteiger partial charge on any atom is 0.433 e. The van der Waals surface area contributed by atoms with Crippen molar-refractivity contribution >= 4 is 5.78 Å². The summed E-state index contributed by atoms with van der Waals surface area (Å²) >= 11 is 0. The molecule has 4 nitrogen and oxygen atoms in total. The molecule has 0 saturated carbocycles. The molecular formula is C13H9F3N2O2. The van der Waals surface area contributed by atoms with Gasteiger partial charge in [-0.1, -0.05) is 0 Å². The maximum atomic E-state index is 12.5. The molecule has 0 saturated heterocycles. The summed E-state index contributed by atoms with van der Waals surface area (Å²) in [7, 11) is 0. The number of hydrogen-bond donors (Lipinski definition) is 0. The third-order valence-corrected chi connectivity index (χ3v) is 2.39. The van der Waals surface area contributed by atoms with E-state index in [2.05, 4.69) is 9.97 Å². The topological polar surface area (TPSA) is 52.1 Å². The van der Waals surface area contributed by atoms with Gasteiger partial charge in [-0.3, -0.25) is 4.79 Å². The summed E-state index contributed by atoms with van der Waals surface area (Å²) in [6, 6.07) is 6.28. The van der Waals surface area contributed by atoms with Crippen LogP contribution in [-0.2, 0) is 6.18 Å². The lowest BCUT2D eigenvalue weighted by Crippen LogP contribution is -2.08. The Morgan fingerprint density at radius 3 is 2.35 bits per heavy atom. The molecule has 0 atom stereocenters. The third-order valence-electron chi connectivity index (χ3n) is 2.39. The van der Waals surface area contributed by atoms with Crippen LogP contribution in [-0.4, -0.2) is 15.8 Å². The maximum absolute atomic E-state index is 12.5. The lowest BCUT2D eigenvalue weighted by Gasteiger charge is -2.07. The lowest BCUT2D eigenvalue weighted by atomic mass is 10.1. The fraction of sp³-hybridized carbons (Fsp3) is 0.154. The predicted octanol–water partition coefficient (Wildman–Crippen LogP) is 3.49. The minimum atomic E-state index is -4.56. The molecular weight excluding hydrogens is 273 g/mol. The van der Waals surface area contributed by atoms with E-state index in [4.69, 9.17) is 4.74 Å². The highest BCUT2D eigenvalue weighted by molar-refractivity contribution is 5.94. The highest BCUT2D eigenvalue weighted by Gasteiger charge is 2.33. The number of Topliss-reactive ketones (excluding diaryl/α,β-unsaturated/α-hetero) is 1. The van der Waals surface area contributed by atoms with Crippen LogP contribution in [0.15, 0.2) is 36.5 Å². The molecule has 7 heteroatoms. The Balaban J connectivity index is 2.20. The van der Waals surface area contributed by atoms with Crippen LogP contribution in [0.3, 0.4) is 0 Å². The van der Waals surface area contributed by atoms with Gasteiger partial charge in [0.2, 0.25) is 0 Å². The molecule has 0 aliphatic rings. The molecule has 2 rings (SSSR count). The van der Waals surface area contributed by atoms with Gasteiger partial charge in [0.05, 0.1) is 0 Å². The van der Waals surface area contributed by atoms with Crippen LogP contribution in [0.2, 0.25) is 0 Å². The van der Waals surface area contributed by atoms with Gasteiger partial charge in [-0.05, 0) is 37.3 Å². The molecule has 0 amide bonds. The van der Waals surface area contributed by atoms with Gasteiger partial charge in [0.25, 0.3) is 0 Å². The molecule has 2 aromatic rings. The Morgan fingerprint density at radius 1 is 1.15 bits per heavy atom. The zero-order valence-electron chi connectivity index (χ0n) is 10.3. The molecule has 104 valence electrons. The average Bonchev–Trinajstić information content (AvgIpc) is 2.38. The minimum Gasteiger partial charge on any atom is -0.424 e. The fourth-order valence-electron chi connectivity index (χ4n) is 1.41. The van der Waals surface area contributed by atoms with Crippen molar-refractivity contribution in [2.45, 2.75) is 13.1 Å². The number of hydrogen-bond acceptors (Lipinski definition) is 4. The summed E-state index contributed by atoms with van der Waals surface area (Å²) in [4.78, 5) is 18.0. The Labute approximate surface area is 112 Å². The van der Waals surface area contributed by atoms with Crippen molar-refractivity contribution in [3.05, 3.63) is 47.8 Å². The molecule has 0 unspecified atom stereocenters. The number of nitrogens with zero attached hydrogens (tertiary/aromatic N) is 2. The molecule has 0 radical (unpaired) electrons. The van der Waals surface area contributed by atoms with Crippen LogP contribution in [0.1, 0.15) is 23.0 Å². The first-order valence-corrected chi connectivity index (χ1v) is 5.55. The standard InChI is InChI=1S/C13H9F3N2O2/c1-8(19)9-2-4-10(5-3-9)20-12-17-7-6-11(18-12)13(14,15)16/h2-7H,1H3. The highest BCUT2D eigenvalue weighted by Crippen LogP contribution is 2.28. The van der Waals surface area contributed by atoms with E-state index in [1.165, 1.54) is 31.2 Å². The quantitative estimate of drug-likeness (QED) is 0.809. The third kappa shape index (κ3) is 3.31. The van der Waals surface area contributed by atoms with E-state index in [1.54, 1.807) is 0 Å². The summed E-state index contributed by atoms with van der Waals surface area (Å²) in [5.41, 5.74) is -0.606. The number of alkyl halides is 3. The molecule has 0 fully saturated rings. The highest BCUT2D eigenvalue weighted by atomic mass is 19.4. The molecule has 20 heavy (non-hydrogen) atoms. The van der Waals surface area contributed by atoms with Gasteiger partial charge < -0.3 is 4.74 Å². The SMILES string of the molecule is CC(=O)c1ccc(Oc2nccc(C(F)(F)F)n2)cc1. The first kappa shape index (κ1) is 14.0. The number of ether oxygens (including phenoxy) is 1. The van der Waals surface area contributed by atoms with Gasteiger partial charge in [-0.2, -0.15) is 18.2 Å². The summed E-state index contributed by atoms with van der Waals surface area (Å²) in [5.74, 6) is 0.126. The van der Waals surface area contributed by atoms with E-state index < -0.39 is 17.9 Å². The number of carbonyl (C=O) groups excluding carboxylic acids is 1. The van der Waals surface area contributed by atoms with Crippen molar-refractivity contribution in [1.29, 1.82) is 0 Å². The first-order chi connectivity index (χ1) is 9.36. The van der Waals surface area contributed by atoms with Gasteiger partial charge in [-0.25, -0.2) is 4.98 Å². The van der Waals surface area contributed by atoms with Crippen molar-refractivity contribution < 1.29 is 22.7 Å². The van der Waals surface area contributed by atoms with E-state index in [9.17, 15) is 18.0 Å². The summed E-state index contributed by atoms with van der Waals surface area (Å²) in [5, 5.41) is 0. The Morgan fingerprint density at radius 2 is 1.80 bits per heavy atom. The van der Waals surface area contributed by atoms with Crippen LogP contribution in [0, 0.1) is 0 Å². The van der Waals surface area contributed by atoms with Gasteiger partial charge in [-0.15, -0.1) is 0 Å². The van der Waals surface area contributed by atoms with Gasteiger partial charge in [0.1, 0.15) is 5.75 Å². The van der Waals surface area contributed by atoms with Gasteiger partial charge >= 0.3 is 12.2 Å². The number of ketones is 1. The van der Waals surface area contributed by atoms with E-state index in [0.717, 1.165) is 12.3 Å². The molecule has 0 aliphatic heterocycles. The van der Waals surface area contributed by atoms with Crippen LogP contribution >= 0.6 is 0 Å². The van der Waals surface area contributed by atoms with Gasteiger partial charge in [0, 0.05) is 11.8 Å². The Bertz CT molecular complexity index is 624. The predicted molar refractivity (Wildman–Crippen MR) is 63.6 cm³/mol. The van der Waals surface area contributed by atoms with Crippen LogP contribution in [0.4, 0.5) is 13.2 Å². The average molecular weight is 282 g/mol. The van der Waals surface area contributed by atoms with Crippen LogP contribution < -0.4 is 4.74 Å². The lowest BCUT2D eigenvalue weighted by molar-refractivity contribution is -0.141. The zero-order valence-corrected chi connectivity index (χ0v) is 10.3. The summed E-state index contributed by atoms with van der Waals surface area (Å²) in [6.45, 7) is 1.41. The van der Waals surface area contributed by atoms with Crippen molar-refractivity contribution in [2.75, 3.05) is 0 Å². The normalized spacial score (nSPS) is 11.2. The second-order valence-electron chi connectivity index (χ2n) is 3.90. The largest absolute Gasteiger partial charge is 0.433 e. The van der Waals surface area contributed by atoms with Crippen LogP contribution in [0.25, 0.3) is 0 Å². The summed E-state index contributed by atoms with van der Waals surface area (Å²) < 4.78 is 42.5. The monoisotopic (exact) mass is 282 g/mol. The number of carbonyl (C=O) groups is 1. The molecule has 0 bridgehead atoms. The number of rotatable bonds is 3. The summed E-state index contributed by atoms with van der Waals surface area (Å²) in [6.07, 6.45) is -3.59. The van der Waals surface area contributed by atoms with Crippen molar-refractivity contribution in [1.82, 2.24) is 9.97 Å². The Hall–Kier alpha value is -2.44. The zero-order chi connectivity index (χ0) is 14.8. The number of halogens is 3. The fourth-order valence-corrected chi connectivity index (χ4v) is 1.41. The van der Waals surface area contributed by atoms with Crippen molar-refractivity contribution in [3.63, 3.8) is 0 Å². The first-order valence-electron chi connectivity index (χ1n) is 5.55. The van der Waals surface area contributed by atoms with E-state index in [-0.39, 0.29) is 11.5 Å². The second-order valence-corrected chi connectivity index (χ2v) is 3.90. The van der Waals surface area contributed by atoms with E-state index in [0.29, 0.717) is 5.56 Å². The van der Waals surface area contributed by atoms with Crippen LogP contribution in [0.5, 0.6) is 11.8 Å². The Kier molecular flexibility index (Phi) is 3.69. The molecule has 1 aromatic carbocycles. The van der Waals surface area contributed by atoms with Crippen molar-refractivity contribution in [2.24, 2.45) is 0 Å². The van der Waals surface area contributed by atoms with E-state index >= 15 is 0 Å². The number of benzene rings is 1. The molecule has 0 spiro atoms. The van der Waals surface area contributed by atoms with Crippen molar-refractivity contribution in [3.8, 4) is 11.8 Å². The second kappa shape index (κ2) is 5.28. The van der Waals surface area contributed by atoms with E-state index in [1.807, 2.05) is 0 Å². The van der Waals surface area contributed by atoms with Gasteiger partial charge in [0.15, 0.2) is 11.5 Å². The molecule has 0 aliphatic carbocycles. The smallest absolute Gasteiger partial charge is 0.424 e. The number of aromatic nitrogens is 2. The minimum absolute atomic E-state index is 0.119. The molecule has 0 N–H and O–H groups in total. The molecule has 1 aromatic heterocycles. The molecule has 1 heterocycles.